The molecular formula is C13H14FN3OS. The highest BCUT2D eigenvalue weighted by Crippen LogP contribution is 2.19. The van der Waals surface area contributed by atoms with E-state index in [1.165, 1.54) is 6.07 Å². The van der Waals surface area contributed by atoms with Crippen molar-refractivity contribution < 1.29 is 9.18 Å². The summed E-state index contributed by atoms with van der Waals surface area (Å²) in [6.45, 7) is 3.73. The summed E-state index contributed by atoms with van der Waals surface area (Å²) in [6, 6.07) is 4.80. The fourth-order valence-electron chi connectivity index (χ4n) is 1.72. The largest absolute Gasteiger partial charge is 0.375 e. The molecule has 0 fully saturated rings. The van der Waals surface area contributed by atoms with Gasteiger partial charge in [-0.2, -0.15) is 0 Å². The minimum absolute atomic E-state index is 0.142. The van der Waals surface area contributed by atoms with E-state index < -0.39 is 0 Å². The van der Waals surface area contributed by atoms with Gasteiger partial charge in [0.05, 0.1) is 5.69 Å². The first-order valence-corrected chi connectivity index (χ1v) is 6.55. The van der Waals surface area contributed by atoms with Gasteiger partial charge in [-0.25, -0.2) is 9.37 Å². The van der Waals surface area contributed by atoms with E-state index in [1.807, 2.05) is 6.92 Å². The van der Waals surface area contributed by atoms with Gasteiger partial charge in [0.2, 0.25) is 0 Å². The van der Waals surface area contributed by atoms with Gasteiger partial charge in [0.15, 0.2) is 5.13 Å². The third kappa shape index (κ3) is 3.08. The van der Waals surface area contributed by atoms with Crippen LogP contribution in [0.2, 0.25) is 0 Å². The minimum atomic E-state index is -0.327. The molecule has 0 aliphatic carbocycles. The molecular weight excluding hydrogens is 265 g/mol. The number of nitrogens with two attached hydrogens (primary N) is 1. The minimum Gasteiger partial charge on any atom is -0.375 e. The Balaban J connectivity index is 2.08. The van der Waals surface area contributed by atoms with Crippen LogP contribution in [-0.4, -0.2) is 10.9 Å². The molecule has 2 aromatic rings. The number of halogens is 1. The zero-order valence-corrected chi connectivity index (χ0v) is 11.5. The van der Waals surface area contributed by atoms with Crippen LogP contribution in [0.25, 0.3) is 0 Å². The standard InChI is InChI=1S/C13H14FN3OS/c1-7-3-4-10(14)9(5-7)6-16-12(18)11-8(2)17-13(15)19-11/h3-5H,6H2,1-2H3,(H2,15,17)(H,16,18). The van der Waals surface area contributed by atoms with Gasteiger partial charge in [0.1, 0.15) is 10.7 Å². The van der Waals surface area contributed by atoms with E-state index in [9.17, 15) is 9.18 Å². The SMILES string of the molecule is Cc1ccc(F)c(CNC(=O)c2sc(N)nc2C)c1. The maximum Gasteiger partial charge on any atom is 0.263 e. The van der Waals surface area contributed by atoms with E-state index in [0.717, 1.165) is 16.9 Å². The van der Waals surface area contributed by atoms with Gasteiger partial charge in [-0.1, -0.05) is 29.0 Å². The van der Waals surface area contributed by atoms with Gasteiger partial charge in [-0.05, 0) is 19.9 Å². The van der Waals surface area contributed by atoms with Crippen molar-refractivity contribution >= 4 is 22.4 Å². The Bertz CT molecular complexity index is 624. The number of nitrogens with zero attached hydrogens (tertiary/aromatic N) is 1. The van der Waals surface area contributed by atoms with Crippen molar-refractivity contribution in [1.82, 2.24) is 10.3 Å². The molecule has 0 radical (unpaired) electrons. The quantitative estimate of drug-likeness (QED) is 0.906. The van der Waals surface area contributed by atoms with Crippen molar-refractivity contribution in [3.05, 3.63) is 45.7 Å². The summed E-state index contributed by atoms with van der Waals surface area (Å²) in [6.07, 6.45) is 0. The van der Waals surface area contributed by atoms with Gasteiger partial charge in [0, 0.05) is 12.1 Å². The number of rotatable bonds is 3. The summed E-state index contributed by atoms with van der Waals surface area (Å²) in [5, 5.41) is 3.02. The molecule has 3 N–H and O–H groups in total. The molecule has 0 saturated carbocycles. The maximum atomic E-state index is 13.5. The Morgan fingerprint density at radius 3 is 2.84 bits per heavy atom. The second-order valence-corrected chi connectivity index (χ2v) is 5.27. The molecule has 0 saturated heterocycles. The third-order valence-corrected chi connectivity index (χ3v) is 3.65. The monoisotopic (exact) mass is 279 g/mol. The zero-order chi connectivity index (χ0) is 14.0. The van der Waals surface area contributed by atoms with Gasteiger partial charge in [-0.3, -0.25) is 4.79 Å². The molecule has 19 heavy (non-hydrogen) atoms. The fourth-order valence-corrected chi connectivity index (χ4v) is 2.47. The summed E-state index contributed by atoms with van der Waals surface area (Å²) in [7, 11) is 0. The van der Waals surface area contributed by atoms with E-state index in [1.54, 1.807) is 19.1 Å². The number of hydrogen-bond acceptors (Lipinski definition) is 4. The van der Waals surface area contributed by atoms with Crippen molar-refractivity contribution in [1.29, 1.82) is 0 Å². The number of nitrogens with one attached hydrogen (secondary N) is 1. The number of aromatic nitrogens is 1. The first kappa shape index (κ1) is 13.5. The topological polar surface area (TPSA) is 68.0 Å². The first-order chi connectivity index (χ1) is 8.97. The number of thiazole rings is 1. The summed E-state index contributed by atoms with van der Waals surface area (Å²) in [4.78, 5) is 16.4. The number of anilines is 1. The smallest absolute Gasteiger partial charge is 0.263 e. The molecule has 1 amide bonds. The van der Waals surface area contributed by atoms with E-state index >= 15 is 0 Å². The average molecular weight is 279 g/mol. The third-order valence-electron chi connectivity index (χ3n) is 2.66. The van der Waals surface area contributed by atoms with E-state index in [4.69, 9.17) is 5.73 Å². The number of aryl methyl sites for hydroxylation is 2. The number of carbonyl (C=O) groups is 1. The van der Waals surface area contributed by atoms with Crippen molar-refractivity contribution in [3.8, 4) is 0 Å². The van der Waals surface area contributed by atoms with Gasteiger partial charge < -0.3 is 11.1 Å². The van der Waals surface area contributed by atoms with Crippen LogP contribution in [0.1, 0.15) is 26.5 Å². The van der Waals surface area contributed by atoms with Crippen LogP contribution >= 0.6 is 11.3 Å². The molecule has 100 valence electrons. The Labute approximate surface area is 114 Å². The highest BCUT2D eigenvalue weighted by atomic mass is 32.1. The van der Waals surface area contributed by atoms with Crippen molar-refractivity contribution in [2.75, 3.05) is 5.73 Å². The van der Waals surface area contributed by atoms with E-state index in [0.29, 0.717) is 21.3 Å². The van der Waals surface area contributed by atoms with Crippen molar-refractivity contribution in [2.24, 2.45) is 0 Å². The number of benzene rings is 1. The van der Waals surface area contributed by atoms with Crippen LogP contribution in [0.5, 0.6) is 0 Å². The van der Waals surface area contributed by atoms with Crippen molar-refractivity contribution in [3.63, 3.8) is 0 Å². The van der Waals surface area contributed by atoms with Gasteiger partial charge in [0.25, 0.3) is 5.91 Å². The molecule has 0 spiro atoms. The lowest BCUT2D eigenvalue weighted by molar-refractivity contribution is 0.0954. The van der Waals surface area contributed by atoms with Crippen LogP contribution < -0.4 is 11.1 Å². The molecule has 6 heteroatoms. The molecule has 0 bridgehead atoms. The highest BCUT2D eigenvalue weighted by Gasteiger charge is 2.14. The molecule has 1 aromatic carbocycles. The Morgan fingerprint density at radius 1 is 1.47 bits per heavy atom. The zero-order valence-electron chi connectivity index (χ0n) is 10.7. The predicted molar refractivity (Wildman–Crippen MR) is 73.6 cm³/mol. The Kier molecular flexibility index (Phi) is 3.80. The summed E-state index contributed by atoms with van der Waals surface area (Å²) < 4.78 is 13.5. The number of hydrogen-bond donors (Lipinski definition) is 2. The molecule has 0 aliphatic rings. The summed E-state index contributed by atoms with van der Waals surface area (Å²) in [5.41, 5.74) is 7.53. The first-order valence-electron chi connectivity index (χ1n) is 5.73. The lowest BCUT2D eigenvalue weighted by Crippen LogP contribution is -2.23. The molecule has 0 aliphatic heterocycles. The van der Waals surface area contributed by atoms with Gasteiger partial charge >= 0.3 is 0 Å². The molecule has 4 nitrogen and oxygen atoms in total. The normalized spacial score (nSPS) is 10.5. The fraction of sp³-hybridized carbons (Fsp3) is 0.231. The number of amides is 1. The number of carbonyl (C=O) groups excluding carboxylic acids is 1. The maximum absolute atomic E-state index is 13.5. The summed E-state index contributed by atoms with van der Waals surface area (Å²) >= 11 is 1.13. The van der Waals surface area contributed by atoms with Crippen LogP contribution in [0.15, 0.2) is 18.2 Å². The molecule has 1 heterocycles. The molecule has 2 rings (SSSR count). The molecule has 1 aromatic heterocycles. The second kappa shape index (κ2) is 5.36. The lowest BCUT2D eigenvalue weighted by Gasteiger charge is -2.06. The highest BCUT2D eigenvalue weighted by molar-refractivity contribution is 7.17. The van der Waals surface area contributed by atoms with E-state index in [-0.39, 0.29) is 18.3 Å². The Morgan fingerprint density at radius 2 is 2.21 bits per heavy atom. The average Bonchev–Trinajstić information content (AvgIpc) is 2.69. The summed E-state index contributed by atoms with van der Waals surface area (Å²) in [5.74, 6) is -0.612. The van der Waals surface area contributed by atoms with E-state index in [2.05, 4.69) is 10.3 Å². The van der Waals surface area contributed by atoms with Crippen molar-refractivity contribution in [2.45, 2.75) is 20.4 Å². The van der Waals surface area contributed by atoms with Crippen LogP contribution in [0.4, 0.5) is 9.52 Å². The predicted octanol–water partition coefficient (Wildman–Crippen LogP) is 2.41. The second-order valence-electron chi connectivity index (χ2n) is 4.24. The lowest BCUT2D eigenvalue weighted by atomic mass is 10.1. The number of nitrogen functional groups attached to an aromatic ring is 1. The molecule has 0 atom stereocenters. The Hall–Kier alpha value is -1.95. The van der Waals surface area contributed by atoms with Crippen LogP contribution in [0, 0.1) is 19.7 Å². The van der Waals surface area contributed by atoms with Crippen LogP contribution in [0.3, 0.4) is 0 Å². The van der Waals surface area contributed by atoms with Gasteiger partial charge in [-0.15, -0.1) is 0 Å². The molecule has 0 unspecified atom stereocenters. The van der Waals surface area contributed by atoms with Crippen LogP contribution in [-0.2, 0) is 6.54 Å².